The Morgan fingerprint density at radius 3 is 1.35 bits per heavy atom. The fraction of sp³-hybridized carbons (Fsp3) is 0. The van der Waals surface area contributed by atoms with Crippen molar-refractivity contribution in [1.82, 2.24) is 4.57 Å². The number of hydrogen-bond acceptors (Lipinski definition) is 2. The van der Waals surface area contributed by atoms with Crippen molar-refractivity contribution in [3.05, 3.63) is 243 Å². The van der Waals surface area contributed by atoms with E-state index in [0.717, 1.165) is 61.4 Å². The molecule has 0 amide bonds. The molecule has 0 aliphatic carbocycles. The molecular formula is C60H40N2O. The third-order valence-corrected chi connectivity index (χ3v) is 12.4. The predicted octanol–water partition coefficient (Wildman–Crippen LogP) is 16.8. The SMILES string of the molecule is c1ccc(-c2ccc(-c3ccc(N(c4ccc(-c5ccc(-n6c7ccccc7c7ccccc76)cc5)cc4)c4cccc(-c5cccc6oc7ccccc7c56)c4)cc3)cc2)cc1. The lowest BCUT2D eigenvalue weighted by molar-refractivity contribution is 0.669. The topological polar surface area (TPSA) is 21.3 Å². The summed E-state index contributed by atoms with van der Waals surface area (Å²) in [5.41, 5.74) is 18.0. The van der Waals surface area contributed by atoms with Gasteiger partial charge < -0.3 is 13.9 Å². The number of anilines is 3. The van der Waals surface area contributed by atoms with Crippen LogP contribution in [0.2, 0.25) is 0 Å². The zero-order chi connectivity index (χ0) is 41.7. The molecule has 0 saturated heterocycles. The lowest BCUT2D eigenvalue weighted by Crippen LogP contribution is -2.10. The molecule has 0 spiro atoms. The molecule has 12 rings (SSSR count). The fourth-order valence-corrected chi connectivity index (χ4v) is 9.37. The van der Waals surface area contributed by atoms with E-state index < -0.39 is 0 Å². The first kappa shape index (κ1) is 36.5. The average Bonchev–Trinajstić information content (AvgIpc) is 3.91. The Balaban J connectivity index is 0.914. The van der Waals surface area contributed by atoms with Crippen molar-refractivity contribution in [2.24, 2.45) is 0 Å². The van der Waals surface area contributed by atoms with Crippen molar-refractivity contribution in [3.8, 4) is 50.2 Å². The number of furan rings is 1. The third kappa shape index (κ3) is 6.46. The Morgan fingerprint density at radius 2 is 0.746 bits per heavy atom. The molecule has 0 fully saturated rings. The molecule has 296 valence electrons. The Kier molecular flexibility index (Phi) is 8.83. The summed E-state index contributed by atoms with van der Waals surface area (Å²) in [6, 6.07) is 87.1. The molecule has 0 saturated carbocycles. The van der Waals surface area contributed by atoms with E-state index >= 15 is 0 Å². The van der Waals surface area contributed by atoms with Gasteiger partial charge in [0.15, 0.2) is 0 Å². The quantitative estimate of drug-likeness (QED) is 0.153. The lowest BCUT2D eigenvalue weighted by atomic mass is 9.98. The molecule has 0 aliphatic rings. The largest absolute Gasteiger partial charge is 0.456 e. The number of rotatable bonds is 8. The second kappa shape index (κ2) is 15.3. The maximum Gasteiger partial charge on any atom is 0.136 e. The molecule has 0 unspecified atom stereocenters. The van der Waals surface area contributed by atoms with E-state index in [4.69, 9.17) is 4.42 Å². The fourth-order valence-electron chi connectivity index (χ4n) is 9.37. The molecule has 2 aromatic heterocycles. The minimum absolute atomic E-state index is 0.891. The van der Waals surface area contributed by atoms with Crippen LogP contribution in [0.25, 0.3) is 93.9 Å². The van der Waals surface area contributed by atoms with Crippen molar-refractivity contribution in [2.45, 2.75) is 0 Å². The van der Waals surface area contributed by atoms with Crippen LogP contribution in [0.3, 0.4) is 0 Å². The van der Waals surface area contributed by atoms with Crippen molar-refractivity contribution >= 4 is 60.8 Å². The van der Waals surface area contributed by atoms with Crippen LogP contribution in [0, 0.1) is 0 Å². The van der Waals surface area contributed by atoms with Crippen LogP contribution in [0.5, 0.6) is 0 Å². The standard InChI is InChI=1S/C60H40N2O/c1-2-12-41(13-3-1)42-24-26-43(27-25-42)44-28-34-48(35-29-44)61(51-15-10-14-47(40-51)52-19-11-23-59-60(52)55-18-6-9-22-58(55)63-59)49-36-30-45(31-37-49)46-32-38-50(39-33-46)62-56-20-7-4-16-53(56)54-17-5-8-21-57(54)62/h1-40H. The predicted molar refractivity (Wildman–Crippen MR) is 264 cm³/mol. The summed E-state index contributed by atoms with van der Waals surface area (Å²) >= 11 is 0. The normalized spacial score (nSPS) is 11.5. The number of aromatic nitrogens is 1. The highest BCUT2D eigenvalue weighted by Gasteiger charge is 2.18. The van der Waals surface area contributed by atoms with E-state index in [-0.39, 0.29) is 0 Å². The zero-order valence-corrected chi connectivity index (χ0v) is 34.4. The van der Waals surface area contributed by atoms with Crippen LogP contribution in [-0.2, 0) is 0 Å². The molecule has 0 radical (unpaired) electrons. The Bertz CT molecular complexity index is 3530. The van der Waals surface area contributed by atoms with E-state index in [9.17, 15) is 0 Å². The first-order valence-electron chi connectivity index (χ1n) is 21.5. The van der Waals surface area contributed by atoms with Crippen LogP contribution in [0.1, 0.15) is 0 Å². The zero-order valence-electron chi connectivity index (χ0n) is 34.4. The van der Waals surface area contributed by atoms with Gasteiger partial charge in [-0.1, -0.05) is 170 Å². The van der Waals surface area contributed by atoms with Gasteiger partial charge >= 0.3 is 0 Å². The highest BCUT2D eigenvalue weighted by molar-refractivity contribution is 6.12. The summed E-state index contributed by atoms with van der Waals surface area (Å²) in [5.74, 6) is 0. The highest BCUT2D eigenvalue weighted by Crippen LogP contribution is 2.42. The van der Waals surface area contributed by atoms with Crippen molar-refractivity contribution in [3.63, 3.8) is 0 Å². The summed E-state index contributed by atoms with van der Waals surface area (Å²) in [5, 5.41) is 4.79. The van der Waals surface area contributed by atoms with Crippen LogP contribution in [0.4, 0.5) is 17.1 Å². The van der Waals surface area contributed by atoms with Crippen LogP contribution < -0.4 is 4.90 Å². The first-order valence-corrected chi connectivity index (χ1v) is 21.5. The van der Waals surface area contributed by atoms with Crippen molar-refractivity contribution in [2.75, 3.05) is 4.90 Å². The summed E-state index contributed by atoms with van der Waals surface area (Å²) in [6.45, 7) is 0. The van der Waals surface area contributed by atoms with Gasteiger partial charge in [-0.2, -0.15) is 0 Å². The van der Waals surface area contributed by atoms with Gasteiger partial charge in [-0.15, -0.1) is 0 Å². The molecule has 0 N–H and O–H groups in total. The van der Waals surface area contributed by atoms with Gasteiger partial charge in [-0.05, 0) is 117 Å². The number of hydrogen-bond donors (Lipinski definition) is 0. The molecule has 10 aromatic carbocycles. The van der Waals surface area contributed by atoms with Crippen LogP contribution >= 0.6 is 0 Å². The Labute approximate surface area is 366 Å². The number of nitrogens with zero attached hydrogens (tertiary/aromatic N) is 2. The van der Waals surface area contributed by atoms with Gasteiger partial charge in [0.05, 0.1) is 11.0 Å². The summed E-state index contributed by atoms with van der Waals surface area (Å²) in [6.07, 6.45) is 0. The number of fused-ring (bicyclic) bond motifs is 6. The van der Waals surface area contributed by atoms with Gasteiger partial charge in [0.1, 0.15) is 11.2 Å². The Morgan fingerprint density at radius 1 is 0.302 bits per heavy atom. The molecule has 0 aliphatic heterocycles. The van der Waals surface area contributed by atoms with Crippen molar-refractivity contribution < 1.29 is 4.42 Å². The maximum absolute atomic E-state index is 6.30. The minimum Gasteiger partial charge on any atom is -0.456 e. The second-order valence-electron chi connectivity index (χ2n) is 16.1. The monoisotopic (exact) mass is 804 g/mol. The van der Waals surface area contributed by atoms with Gasteiger partial charge in [-0.3, -0.25) is 0 Å². The first-order chi connectivity index (χ1) is 31.2. The molecule has 12 aromatic rings. The highest BCUT2D eigenvalue weighted by atomic mass is 16.3. The summed E-state index contributed by atoms with van der Waals surface area (Å²) in [4.78, 5) is 2.36. The third-order valence-electron chi connectivity index (χ3n) is 12.4. The number of para-hydroxylation sites is 3. The van der Waals surface area contributed by atoms with Crippen molar-refractivity contribution in [1.29, 1.82) is 0 Å². The van der Waals surface area contributed by atoms with Crippen LogP contribution in [-0.4, -0.2) is 4.57 Å². The minimum atomic E-state index is 0.891. The van der Waals surface area contributed by atoms with E-state index in [0.29, 0.717) is 0 Å². The second-order valence-corrected chi connectivity index (χ2v) is 16.1. The van der Waals surface area contributed by atoms with Gasteiger partial charge in [0.25, 0.3) is 0 Å². The Hall–Kier alpha value is -8.40. The summed E-state index contributed by atoms with van der Waals surface area (Å²) in [7, 11) is 0. The van der Waals surface area contributed by atoms with Gasteiger partial charge in [0.2, 0.25) is 0 Å². The maximum atomic E-state index is 6.30. The van der Waals surface area contributed by atoms with E-state index in [1.54, 1.807) is 0 Å². The van der Waals surface area contributed by atoms with E-state index in [1.165, 1.54) is 49.6 Å². The molecule has 0 atom stereocenters. The molecular weight excluding hydrogens is 765 g/mol. The van der Waals surface area contributed by atoms with Gasteiger partial charge in [0, 0.05) is 44.3 Å². The molecule has 63 heavy (non-hydrogen) atoms. The van der Waals surface area contributed by atoms with Gasteiger partial charge in [-0.25, -0.2) is 0 Å². The smallest absolute Gasteiger partial charge is 0.136 e. The van der Waals surface area contributed by atoms with E-state index in [2.05, 4.69) is 240 Å². The number of benzene rings is 10. The molecule has 0 bridgehead atoms. The molecule has 3 heteroatoms. The lowest BCUT2D eigenvalue weighted by Gasteiger charge is -2.26. The molecule has 2 heterocycles. The molecule has 3 nitrogen and oxygen atoms in total. The van der Waals surface area contributed by atoms with E-state index in [1.807, 2.05) is 12.1 Å². The average molecular weight is 805 g/mol. The van der Waals surface area contributed by atoms with Crippen LogP contribution in [0.15, 0.2) is 247 Å². The summed E-state index contributed by atoms with van der Waals surface area (Å²) < 4.78 is 8.67.